The predicted octanol–water partition coefficient (Wildman–Crippen LogP) is 5.53. The molecule has 30 heavy (non-hydrogen) atoms. The van der Waals surface area contributed by atoms with Crippen LogP contribution >= 0.6 is 31.9 Å². The molecular formula is C24H19Br2NO3. The van der Waals surface area contributed by atoms with Crippen molar-refractivity contribution < 1.29 is 14.7 Å². The molecule has 1 aliphatic rings. The lowest BCUT2D eigenvalue weighted by Gasteiger charge is -2.23. The first kappa shape index (κ1) is 21.0. The molecule has 0 saturated heterocycles. The van der Waals surface area contributed by atoms with E-state index in [9.17, 15) is 14.7 Å². The van der Waals surface area contributed by atoms with E-state index in [2.05, 4.69) is 31.9 Å². The second kappa shape index (κ2) is 8.10. The molecule has 0 saturated carbocycles. The summed E-state index contributed by atoms with van der Waals surface area (Å²) in [6.07, 6.45) is -0.315. The van der Waals surface area contributed by atoms with Crippen LogP contribution in [0.2, 0.25) is 0 Å². The van der Waals surface area contributed by atoms with Crippen molar-refractivity contribution in [2.24, 2.45) is 0 Å². The largest absolute Gasteiger partial charge is 0.375 e. The first-order chi connectivity index (χ1) is 14.3. The minimum absolute atomic E-state index is 0.278. The fourth-order valence-corrected chi connectivity index (χ4v) is 4.49. The van der Waals surface area contributed by atoms with E-state index in [4.69, 9.17) is 0 Å². The normalized spacial score (nSPS) is 17.9. The standard InChI is InChI=1S/C24H19Br2NO3/c1-15-6-8-16(9-7-15)22(28)13-24(30)19-12-18(25)10-11-21(19)27(23(24)29)14-17-4-2-3-5-20(17)26/h2-12,30H,13-14H2,1H3. The number of aliphatic hydroxyl groups is 1. The number of ketones is 1. The molecule has 1 aliphatic heterocycles. The summed E-state index contributed by atoms with van der Waals surface area (Å²) in [7, 11) is 0. The molecular weight excluding hydrogens is 510 g/mol. The van der Waals surface area contributed by atoms with Gasteiger partial charge in [0.1, 0.15) is 0 Å². The Bertz CT molecular complexity index is 1140. The van der Waals surface area contributed by atoms with Gasteiger partial charge >= 0.3 is 0 Å². The third kappa shape index (κ3) is 3.75. The molecule has 3 aromatic carbocycles. The fraction of sp³-hybridized carbons (Fsp3) is 0.167. The molecule has 1 amide bonds. The van der Waals surface area contributed by atoms with Gasteiger partial charge in [-0.05, 0) is 36.8 Å². The zero-order valence-electron chi connectivity index (χ0n) is 16.2. The van der Waals surface area contributed by atoms with Crippen molar-refractivity contribution in [3.63, 3.8) is 0 Å². The maximum Gasteiger partial charge on any atom is 0.264 e. The van der Waals surface area contributed by atoms with Crippen LogP contribution in [0, 0.1) is 6.92 Å². The molecule has 0 aromatic heterocycles. The summed E-state index contributed by atoms with van der Waals surface area (Å²) in [5.41, 5.74) is 1.56. The van der Waals surface area contributed by atoms with E-state index in [1.807, 2.05) is 49.4 Å². The number of anilines is 1. The van der Waals surface area contributed by atoms with Crippen molar-refractivity contribution in [1.82, 2.24) is 0 Å². The van der Waals surface area contributed by atoms with E-state index in [1.54, 1.807) is 29.2 Å². The summed E-state index contributed by atoms with van der Waals surface area (Å²) in [6, 6.07) is 20.1. The third-order valence-electron chi connectivity index (χ3n) is 5.37. The smallest absolute Gasteiger partial charge is 0.264 e. The Morgan fingerprint density at radius 3 is 2.43 bits per heavy atom. The Labute approximate surface area is 191 Å². The first-order valence-corrected chi connectivity index (χ1v) is 11.1. The topological polar surface area (TPSA) is 57.6 Å². The lowest BCUT2D eigenvalue weighted by atomic mass is 9.88. The van der Waals surface area contributed by atoms with Gasteiger partial charge in [0.15, 0.2) is 11.4 Å². The van der Waals surface area contributed by atoms with Crippen molar-refractivity contribution in [2.45, 2.75) is 25.5 Å². The highest BCUT2D eigenvalue weighted by atomic mass is 79.9. The van der Waals surface area contributed by atoms with E-state index in [-0.39, 0.29) is 18.7 Å². The summed E-state index contributed by atoms with van der Waals surface area (Å²) in [4.78, 5) is 27.9. The Morgan fingerprint density at radius 1 is 1.03 bits per heavy atom. The van der Waals surface area contributed by atoms with Crippen LogP contribution in [0.15, 0.2) is 75.7 Å². The molecule has 152 valence electrons. The number of amides is 1. The third-order valence-corrected chi connectivity index (χ3v) is 6.64. The van der Waals surface area contributed by atoms with E-state index in [0.717, 1.165) is 20.1 Å². The fourth-order valence-electron chi connectivity index (χ4n) is 3.72. The van der Waals surface area contributed by atoms with E-state index in [1.165, 1.54) is 0 Å². The number of rotatable bonds is 5. The Morgan fingerprint density at radius 2 is 1.73 bits per heavy atom. The monoisotopic (exact) mass is 527 g/mol. The van der Waals surface area contributed by atoms with Crippen molar-refractivity contribution in [3.8, 4) is 0 Å². The molecule has 0 radical (unpaired) electrons. The Balaban J connectivity index is 1.72. The number of nitrogens with zero attached hydrogens (tertiary/aromatic N) is 1. The molecule has 4 nitrogen and oxygen atoms in total. The SMILES string of the molecule is Cc1ccc(C(=O)CC2(O)C(=O)N(Cc3ccccc3Br)c3ccc(Br)cc32)cc1. The summed E-state index contributed by atoms with van der Waals surface area (Å²) in [6.45, 7) is 2.23. The number of Topliss-reactive ketones (excluding diaryl/α,β-unsaturated/α-hetero) is 1. The maximum atomic E-state index is 13.4. The molecule has 4 rings (SSSR count). The van der Waals surface area contributed by atoms with Crippen LogP contribution in [-0.4, -0.2) is 16.8 Å². The Kier molecular flexibility index (Phi) is 5.66. The van der Waals surface area contributed by atoms with Gasteiger partial charge in [0.25, 0.3) is 5.91 Å². The number of carbonyl (C=O) groups excluding carboxylic acids is 2. The maximum absolute atomic E-state index is 13.4. The molecule has 6 heteroatoms. The molecule has 1 heterocycles. The molecule has 1 N–H and O–H groups in total. The number of carbonyl (C=O) groups is 2. The second-order valence-corrected chi connectivity index (χ2v) is 9.24. The van der Waals surface area contributed by atoms with Gasteiger partial charge in [-0.3, -0.25) is 9.59 Å². The predicted molar refractivity (Wildman–Crippen MR) is 123 cm³/mol. The molecule has 0 fully saturated rings. The van der Waals surface area contributed by atoms with Gasteiger partial charge in [-0.2, -0.15) is 0 Å². The molecule has 1 unspecified atom stereocenters. The van der Waals surface area contributed by atoms with Crippen LogP contribution in [0.1, 0.15) is 33.5 Å². The van der Waals surface area contributed by atoms with Crippen LogP contribution in [0.3, 0.4) is 0 Å². The minimum atomic E-state index is -1.91. The van der Waals surface area contributed by atoms with Gasteiger partial charge in [0, 0.05) is 20.1 Å². The molecule has 0 spiro atoms. The summed E-state index contributed by atoms with van der Waals surface area (Å²) in [5.74, 6) is -0.772. The molecule has 3 aromatic rings. The van der Waals surface area contributed by atoms with Gasteiger partial charge < -0.3 is 10.0 Å². The minimum Gasteiger partial charge on any atom is -0.375 e. The van der Waals surface area contributed by atoms with Crippen LogP contribution in [-0.2, 0) is 16.9 Å². The van der Waals surface area contributed by atoms with Crippen LogP contribution in [0.5, 0.6) is 0 Å². The van der Waals surface area contributed by atoms with Gasteiger partial charge in [0.2, 0.25) is 0 Å². The van der Waals surface area contributed by atoms with Crippen molar-refractivity contribution in [3.05, 3.63) is 97.9 Å². The highest BCUT2D eigenvalue weighted by Gasteiger charge is 2.51. The van der Waals surface area contributed by atoms with E-state index < -0.39 is 11.5 Å². The lowest BCUT2D eigenvalue weighted by Crippen LogP contribution is -2.41. The van der Waals surface area contributed by atoms with Gasteiger partial charge in [-0.1, -0.05) is 79.9 Å². The van der Waals surface area contributed by atoms with Crippen molar-refractivity contribution in [1.29, 1.82) is 0 Å². The van der Waals surface area contributed by atoms with Gasteiger partial charge in [-0.15, -0.1) is 0 Å². The van der Waals surface area contributed by atoms with Crippen LogP contribution in [0.25, 0.3) is 0 Å². The van der Waals surface area contributed by atoms with Crippen molar-refractivity contribution in [2.75, 3.05) is 4.90 Å². The molecule has 0 aliphatic carbocycles. The number of aryl methyl sites for hydroxylation is 1. The second-order valence-electron chi connectivity index (χ2n) is 7.47. The number of benzene rings is 3. The average molecular weight is 529 g/mol. The number of hydrogen-bond acceptors (Lipinski definition) is 3. The number of halogens is 2. The van der Waals surface area contributed by atoms with Gasteiger partial charge in [0.05, 0.1) is 18.7 Å². The zero-order valence-corrected chi connectivity index (χ0v) is 19.4. The quantitative estimate of drug-likeness (QED) is 0.443. The van der Waals surface area contributed by atoms with Crippen molar-refractivity contribution >= 4 is 49.2 Å². The summed E-state index contributed by atoms with van der Waals surface area (Å²) >= 11 is 6.94. The lowest BCUT2D eigenvalue weighted by molar-refractivity contribution is -0.136. The zero-order chi connectivity index (χ0) is 21.5. The summed E-state index contributed by atoms with van der Waals surface area (Å²) < 4.78 is 1.61. The Hall–Kier alpha value is -2.28. The van der Waals surface area contributed by atoms with E-state index in [0.29, 0.717) is 16.8 Å². The van der Waals surface area contributed by atoms with E-state index >= 15 is 0 Å². The highest BCUT2D eigenvalue weighted by molar-refractivity contribution is 9.10. The van der Waals surface area contributed by atoms with Gasteiger partial charge in [-0.25, -0.2) is 0 Å². The number of hydrogen-bond donors (Lipinski definition) is 1. The van der Waals surface area contributed by atoms with Crippen LogP contribution in [0.4, 0.5) is 5.69 Å². The number of fused-ring (bicyclic) bond motifs is 1. The molecule has 1 atom stereocenters. The first-order valence-electron chi connectivity index (χ1n) is 9.47. The molecule has 0 bridgehead atoms. The highest BCUT2D eigenvalue weighted by Crippen LogP contribution is 2.45. The summed E-state index contributed by atoms with van der Waals surface area (Å²) in [5, 5.41) is 11.5. The van der Waals surface area contributed by atoms with Crippen LogP contribution < -0.4 is 4.90 Å². The average Bonchev–Trinajstić information content (AvgIpc) is 2.91.